The first-order valence-electron chi connectivity index (χ1n) is 6.57. The van der Waals surface area contributed by atoms with Crippen LogP contribution in [-0.2, 0) is 9.53 Å². The van der Waals surface area contributed by atoms with Gasteiger partial charge in [-0.15, -0.1) is 0 Å². The number of carbonyl (C=O) groups is 1. The highest BCUT2D eigenvalue weighted by atomic mass is 16.5. The first kappa shape index (κ1) is 14.6. The summed E-state index contributed by atoms with van der Waals surface area (Å²) in [4.78, 5) is 11.9. The number of ether oxygens (including phenoxy) is 3. The van der Waals surface area contributed by atoms with Crippen molar-refractivity contribution in [3.63, 3.8) is 0 Å². The smallest absolute Gasteiger partial charge is 0.227 e. The van der Waals surface area contributed by atoms with E-state index in [1.54, 1.807) is 32.4 Å². The molecule has 1 unspecified atom stereocenters. The predicted octanol–water partition coefficient (Wildman–Crippen LogP) is 1.02. The average Bonchev–Trinajstić information content (AvgIpc) is 2.48. The summed E-state index contributed by atoms with van der Waals surface area (Å²) in [6.45, 7) is 2.20. The summed E-state index contributed by atoms with van der Waals surface area (Å²) in [6, 6.07) is 5.27. The van der Waals surface area contributed by atoms with Crippen LogP contribution in [0.15, 0.2) is 18.2 Å². The van der Waals surface area contributed by atoms with Crippen molar-refractivity contribution in [3.05, 3.63) is 18.2 Å². The molecule has 1 aliphatic heterocycles. The van der Waals surface area contributed by atoms with Gasteiger partial charge in [-0.2, -0.15) is 0 Å². The molecule has 0 bridgehead atoms. The highest BCUT2D eigenvalue weighted by molar-refractivity contribution is 5.91. The SMILES string of the molecule is COc1ccc(NC(=O)CC2CNCCO2)cc1OC. The first-order chi connectivity index (χ1) is 9.72. The van der Waals surface area contributed by atoms with E-state index >= 15 is 0 Å². The Balaban J connectivity index is 1.93. The zero-order valence-corrected chi connectivity index (χ0v) is 11.8. The van der Waals surface area contributed by atoms with Crippen LogP contribution in [0.3, 0.4) is 0 Å². The second-order valence-electron chi connectivity index (χ2n) is 4.52. The van der Waals surface area contributed by atoms with Crippen LogP contribution in [0, 0.1) is 0 Å². The van der Waals surface area contributed by atoms with Crippen LogP contribution in [0.5, 0.6) is 11.5 Å². The summed E-state index contributed by atoms with van der Waals surface area (Å²) in [5, 5.41) is 6.03. The monoisotopic (exact) mass is 280 g/mol. The summed E-state index contributed by atoms with van der Waals surface area (Å²) in [6.07, 6.45) is 0.269. The van der Waals surface area contributed by atoms with Crippen LogP contribution < -0.4 is 20.1 Å². The minimum absolute atomic E-state index is 0.0658. The number of anilines is 1. The molecule has 0 spiro atoms. The van der Waals surface area contributed by atoms with Gasteiger partial charge >= 0.3 is 0 Å². The molecule has 2 rings (SSSR count). The van der Waals surface area contributed by atoms with Gasteiger partial charge in [-0.05, 0) is 12.1 Å². The summed E-state index contributed by atoms with van der Waals surface area (Å²) in [5.41, 5.74) is 0.677. The zero-order chi connectivity index (χ0) is 14.4. The van der Waals surface area contributed by atoms with Gasteiger partial charge in [0.2, 0.25) is 5.91 Å². The average molecular weight is 280 g/mol. The molecule has 20 heavy (non-hydrogen) atoms. The number of hydrogen-bond donors (Lipinski definition) is 2. The number of hydrogen-bond acceptors (Lipinski definition) is 5. The molecule has 0 saturated carbocycles. The number of rotatable bonds is 5. The Hall–Kier alpha value is -1.79. The van der Waals surface area contributed by atoms with Gasteiger partial charge in [-0.1, -0.05) is 0 Å². The van der Waals surface area contributed by atoms with E-state index in [1.807, 2.05) is 0 Å². The van der Waals surface area contributed by atoms with Crippen molar-refractivity contribution in [1.82, 2.24) is 5.32 Å². The van der Waals surface area contributed by atoms with E-state index in [2.05, 4.69) is 10.6 Å². The van der Waals surface area contributed by atoms with Crippen LogP contribution in [0.2, 0.25) is 0 Å². The molecule has 6 nitrogen and oxygen atoms in total. The fraction of sp³-hybridized carbons (Fsp3) is 0.500. The minimum atomic E-state index is -0.0779. The molecule has 1 fully saturated rings. The van der Waals surface area contributed by atoms with Gasteiger partial charge in [-0.3, -0.25) is 4.79 Å². The predicted molar refractivity (Wildman–Crippen MR) is 75.4 cm³/mol. The van der Waals surface area contributed by atoms with Crippen molar-refractivity contribution >= 4 is 11.6 Å². The van der Waals surface area contributed by atoms with E-state index in [1.165, 1.54) is 0 Å². The molecule has 1 aromatic rings. The second-order valence-corrected chi connectivity index (χ2v) is 4.52. The molecular weight excluding hydrogens is 260 g/mol. The lowest BCUT2D eigenvalue weighted by molar-refractivity contribution is -0.119. The Morgan fingerprint density at radius 3 is 2.85 bits per heavy atom. The lowest BCUT2D eigenvalue weighted by Crippen LogP contribution is -2.40. The summed E-state index contributed by atoms with van der Waals surface area (Å²) in [5.74, 6) is 1.14. The fourth-order valence-electron chi connectivity index (χ4n) is 2.08. The fourth-order valence-corrected chi connectivity index (χ4v) is 2.08. The molecule has 1 aliphatic rings. The van der Waals surface area contributed by atoms with E-state index in [0.717, 1.165) is 6.54 Å². The van der Waals surface area contributed by atoms with Gasteiger partial charge in [0.1, 0.15) is 0 Å². The number of carbonyl (C=O) groups excluding carboxylic acids is 1. The highest BCUT2D eigenvalue weighted by Crippen LogP contribution is 2.29. The molecule has 1 aromatic carbocycles. The number of benzene rings is 1. The normalized spacial score (nSPS) is 18.4. The van der Waals surface area contributed by atoms with Crippen molar-refractivity contribution < 1.29 is 19.0 Å². The largest absolute Gasteiger partial charge is 0.493 e. The molecule has 0 radical (unpaired) electrons. The van der Waals surface area contributed by atoms with Gasteiger partial charge in [0.05, 0.1) is 33.4 Å². The van der Waals surface area contributed by atoms with Gasteiger partial charge in [0.15, 0.2) is 11.5 Å². The summed E-state index contributed by atoms with van der Waals surface area (Å²) in [7, 11) is 3.13. The Morgan fingerprint density at radius 2 is 2.20 bits per heavy atom. The Bertz CT molecular complexity index is 458. The van der Waals surface area contributed by atoms with Crippen molar-refractivity contribution in [2.24, 2.45) is 0 Å². The van der Waals surface area contributed by atoms with E-state index < -0.39 is 0 Å². The molecule has 0 aromatic heterocycles. The lowest BCUT2D eigenvalue weighted by Gasteiger charge is -2.23. The molecule has 2 N–H and O–H groups in total. The van der Waals surface area contributed by atoms with Gasteiger partial charge in [0, 0.05) is 24.8 Å². The summed E-state index contributed by atoms with van der Waals surface area (Å²) < 4.78 is 15.8. The third-order valence-electron chi connectivity index (χ3n) is 3.08. The Kier molecular flexibility index (Phi) is 5.20. The molecule has 110 valence electrons. The zero-order valence-electron chi connectivity index (χ0n) is 11.8. The third kappa shape index (κ3) is 3.85. The third-order valence-corrected chi connectivity index (χ3v) is 3.08. The van der Waals surface area contributed by atoms with Crippen LogP contribution in [-0.4, -0.2) is 45.9 Å². The standard InChI is InChI=1S/C14H20N2O4/c1-18-12-4-3-10(7-13(12)19-2)16-14(17)8-11-9-15-5-6-20-11/h3-4,7,11,15H,5-6,8-9H2,1-2H3,(H,16,17). The molecule has 1 amide bonds. The van der Waals surface area contributed by atoms with Gasteiger partial charge in [0.25, 0.3) is 0 Å². The summed E-state index contributed by atoms with van der Waals surface area (Å²) >= 11 is 0. The van der Waals surface area contributed by atoms with Crippen molar-refractivity contribution in [1.29, 1.82) is 0 Å². The first-order valence-corrected chi connectivity index (χ1v) is 6.57. The van der Waals surface area contributed by atoms with Crippen LogP contribution in [0.4, 0.5) is 5.69 Å². The topological polar surface area (TPSA) is 68.8 Å². The molecule has 1 saturated heterocycles. The molecule has 1 heterocycles. The number of methoxy groups -OCH3 is 2. The van der Waals surface area contributed by atoms with Crippen LogP contribution >= 0.6 is 0 Å². The van der Waals surface area contributed by atoms with Crippen molar-refractivity contribution in [2.45, 2.75) is 12.5 Å². The molecule has 0 aliphatic carbocycles. The molecular formula is C14H20N2O4. The van der Waals surface area contributed by atoms with E-state index in [0.29, 0.717) is 36.8 Å². The maximum absolute atomic E-state index is 11.9. The number of amides is 1. The van der Waals surface area contributed by atoms with Gasteiger partial charge < -0.3 is 24.8 Å². The molecule has 6 heteroatoms. The van der Waals surface area contributed by atoms with Crippen molar-refractivity contribution in [3.8, 4) is 11.5 Å². The maximum atomic E-state index is 11.9. The quantitative estimate of drug-likeness (QED) is 0.843. The maximum Gasteiger partial charge on any atom is 0.227 e. The lowest BCUT2D eigenvalue weighted by atomic mass is 10.2. The second kappa shape index (κ2) is 7.12. The van der Waals surface area contributed by atoms with Crippen molar-refractivity contribution in [2.75, 3.05) is 39.2 Å². The number of nitrogens with one attached hydrogen (secondary N) is 2. The van der Waals surface area contributed by atoms with E-state index in [4.69, 9.17) is 14.2 Å². The Morgan fingerprint density at radius 1 is 1.40 bits per heavy atom. The van der Waals surface area contributed by atoms with Crippen LogP contribution in [0.1, 0.15) is 6.42 Å². The number of morpholine rings is 1. The molecule has 1 atom stereocenters. The van der Waals surface area contributed by atoms with E-state index in [9.17, 15) is 4.79 Å². The Labute approximate surface area is 118 Å². The van der Waals surface area contributed by atoms with E-state index in [-0.39, 0.29) is 12.0 Å². The van der Waals surface area contributed by atoms with Gasteiger partial charge in [-0.25, -0.2) is 0 Å². The minimum Gasteiger partial charge on any atom is -0.493 e. The highest BCUT2D eigenvalue weighted by Gasteiger charge is 2.17. The van der Waals surface area contributed by atoms with Crippen LogP contribution in [0.25, 0.3) is 0 Å².